The first kappa shape index (κ1) is 20.8. The zero-order valence-corrected chi connectivity index (χ0v) is 15.9. The third-order valence-electron chi connectivity index (χ3n) is 4.52. The van der Waals surface area contributed by atoms with Crippen LogP contribution in [0.1, 0.15) is 11.1 Å². The molecule has 1 fully saturated rings. The van der Waals surface area contributed by atoms with Crippen molar-refractivity contribution in [1.29, 1.82) is 0 Å². The molecule has 2 aromatic rings. The lowest BCUT2D eigenvalue weighted by Crippen LogP contribution is -2.36. The highest BCUT2D eigenvalue weighted by Crippen LogP contribution is 2.37. The van der Waals surface area contributed by atoms with Gasteiger partial charge in [-0.1, -0.05) is 12.1 Å². The molecule has 0 spiro atoms. The maximum absolute atomic E-state index is 13.6. The van der Waals surface area contributed by atoms with Crippen LogP contribution in [0.2, 0.25) is 0 Å². The molecule has 0 saturated carbocycles. The maximum Gasteiger partial charge on any atom is 0.418 e. The zero-order valence-electron chi connectivity index (χ0n) is 15.9. The number of anilines is 2. The van der Waals surface area contributed by atoms with E-state index in [1.807, 2.05) is 4.90 Å². The number of hydrogen-bond acceptors (Lipinski definition) is 4. The van der Waals surface area contributed by atoms with Gasteiger partial charge in [0.25, 0.3) is 0 Å². The number of carbonyl (C=O) groups is 1. The molecule has 0 aliphatic carbocycles. The second-order valence-corrected chi connectivity index (χ2v) is 6.49. The minimum Gasteiger partial charge on any atom is -0.497 e. The van der Waals surface area contributed by atoms with Gasteiger partial charge in [0, 0.05) is 25.3 Å². The van der Waals surface area contributed by atoms with E-state index in [0.717, 1.165) is 11.6 Å². The number of alkyl halides is 3. The fourth-order valence-corrected chi connectivity index (χ4v) is 3.03. The van der Waals surface area contributed by atoms with Gasteiger partial charge in [-0.25, -0.2) is 4.79 Å². The number of halogens is 3. The van der Waals surface area contributed by atoms with Crippen molar-refractivity contribution in [3.8, 4) is 5.75 Å². The summed E-state index contributed by atoms with van der Waals surface area (Å²) in [4.78, 5) is 14.0. The molecule has 2 aromatic carbocycles. The van der Waals surface area contributed by atoms with Gasteiger partial charge >= 0.3 is 12.2 Å². The van der Waals surface area contributed by atoms with Crippen LogP contribution in [0, 0.1) is 0 Å². The number of methoxy groups -OCH3 is 1. The van der Waals surface area contributed by atoms with E-state index in [1.54, 1.807) is 30.3 Å². The van der Waals surface area contributed by atoms with Gasteiger partial charge in [0.05, 0.1) is 31.6 Å². The Balaban J connectivity index is 1.70. The Morgan fingerprint density at radius 2 is 1.93 bits per heavy atom. The molecule has 6 nitrogen and oxygen atoms in total. The van der Waals surface area contributed by atoms with Crippen molar-refractivity contribution in [3.63, 3.8) is 0 Å². The number of carbonyl (C=O) groups excluding carboxylic acids is 1. The number of morpholine rings is 1. The van der Waals surface area contributed by atoms with Crippen molar-refractivity contribution in [2.75, 3.05) is 43.6 Å². The number of nitrogens with zero attached hydrogens (tertiary/aromatic N) is 1. The third kappa shape index (κ3) is 5.54. The molecule has 9 heteroatoms. The van der Waals surface area contributed by atoms with Crippen LogP contribution in [-0.4, -0.2) is 39.4 Å². The minimum atomic E-state index is -4.60. The first-order valence-corrected chi connectivity index (χ1v) is 9.08. The quantitative estimate of drug-likeness (QED) is 0.787. The summed E-state index contributed by atoms with van der Waals surface area (Å²) in [5, 5.41) is 4.86. The molecule has 3 rings (SSSR count). The summed E-state index contributed by atoms with van der Waals surface area (Å²) < 4.78 is 51.0. The van der Waals surface area contributed by atoms with Crippen LogP contribution < -0.4 is 20.3 Å². The van der Waals surface area contributed by atoms with Crippen molar-refractivity contribution in [1.82, 2.24) is 5.32 Å². The highest BCUT2D eigenvalue weighted by Gasteiger charge is 2.34. The lowest BCUT2D eigenvalue weighted by Gasteiger charge is -2.29. The largest absolute Gasteiger partial charge is 0.497 e. The maximum atomic E-state index is 13.6. The average molecular weight is 409 g/mol. The van der Waals surface area contributed by atoms with Crippen LogP contribution in [0.15, 0.2) is 42.5 Å². The van der Waals surface area contributed by atoms with E-state index in [0.29, 0.717) is 37.7 Å². The van der Waals surface area contributed by atoms with Crippen molar-refractivity contribution in [2.45, 2.75) is 12.7 Å². The van der Waals surface area contributed by atoms with Gasteiger partial charge in [-0.15, -0.1) is 0 Å². The van der Waals surface area contributed by atoms with E-state index in [4.69, 9.17) is 9.47 Å². The molecule has 0 unspecified atom stereocenters. The smallest absolute Gasteiger partial charge is 0.418 e. The monoisotopic (exact) mass is 409 g/mol. The molecule has 2 N–H and O–H groups in total. The van der Waals surface area contributed by atoms with Crippen LogP contribution >= 0.6 is 0 Å². The van der Waals surface area contributed by atoms with Gasteiger partial charge in [0.15, 0.2) is 0 Å². The molecule has 0 aromatic heterocycles. The van der Waals surface area contributed by atoms with E-state index in [1.165, 1.54) is 13.2 Å². The number of benzene rings is 2. The zero-order chi connectivity index (χ0) is 20.9. The number of hydrogen-bond donors (Lipinski definition) is 2. The number of urea groups is 1. The molecule has 0 bridgehead atoms. The summed E-state index contributed by atoms with van der Waals surface area (Å²) in [5.74, 6) is 0.628. The molecule has 156 valence electrons. The number of nitrogens with one attached hydrogen (secondary N) is 2. The lowest BCUT2D eigenvalue weighted by molar-refractivity contribution is -0.136. The molecular weight excluding hydrogens is 387 g/mol. The number of amides is 2. The molecule has 1 saturated heterocycles. The summed E-state index contributed by atoms with van der Waals surface area (Å²) in [6.07, 6.45) is -4.60. The van der Waals surface area contributed by atoms with Gasteiger partial charge in [-0.3, -0.25) is 0 Å². The molecule has 1 aliphatic heterocycles. The Hall–Kier alpha value is -2.94. The van der Waals surface area contributed by atoms with E-state index in [2.05, 4.69) is 10.6 Å². The van der Waals surface area contributed by atoms with Crippen LogP contribution in [0.3, 0.4) is 0 Å². The summed E-state index contributed by atoms with van der Waals surface area (Å²) in [6, 6.07) is 10.2. The summed E-state index contributed by atoms with van der Waals surface area (Å²) in [5.41, 5.74) is 0.0249. The molecule has 0 radical (unpaired) electrons. The minimum absolute atomic E-state index is 0.149. The Morgan fingerprint density at radius 3 is 2.62 bits per heavy atom. The van der Waals surface area contributed by atoms with Gasteiger partial charge < -0.3 is 25.0 Å². The Labute approximate surface area is 166 Å². The van der Waals surface area contributed by atoms with Gasteiger partial charge in [0.1, 0.15) is 5.75 Å². The Bertz CT molecular complexity index is 852. The van der Waals surface area contributed by atoms with Gasteiger partial charge in [-0.2, -0.15) is 13.2 Å². The van der Waals surface area contributed by atoms with Crippen molar-refractivity contribution in [3.05, 3.63) is 53.6 Å². The third-order valence-corrected chi connectivity index (χ3v) is 4.52. The molecule has 0 atom stereocenters. The molecule has 1 aliphatic rings. The van der Waals surface area contributed by atoms with Crippen LogP contribution in [-0.2, 0) is 17.5 Å². The van der Waals surface area contributed by atoms with E-state index in [9.17, 15) is 18.0 Å². The second kappa shape index (κ2) is 9.04. The van der Waals surface area contributed by atoms with E-state index < -0.39 is 17.8 Å². The van der Waals surface area contributed by atoms with Gasteiger partial charge in [-0.05, 0) is 35.9 Å². The van der Waals surface area contributed by atoms with Crippen molar-refractivity contribution >= 4 is 17.4 Å². The van der Waals surface area contributed by atoms with Crippen LogP contribution in [0.4, 0.5) is 29.3 Å². The van der Waals surface area contributed by atoms with Crippen molar-refractivity contribution in [2.24, 2.45) is 0 Å². The van der Waals surface area contributed by atoms with Gasteiger partial charge in [0.2, 0.25) is 0 Å². The second-order valence-electron chi connectivity index (χ2n) is 6.49. The Morgan fingerprint density at radius 1 is 1.17 bits per heavy atom. The number of ether oxygens (including phenoxy) is 2. The SMILES string of the molecule is COc1cccc(CNC(=O)Nc2ccc(N3CCOCC3)cc2C(F)(F)F)c1. The first-order chi connectivity index (χ1) is 13.9. The summed E-state index contributed by atoms with van der Waals surface area (Å²) in [6.45, 7) is 2.12. The lowest BCUT2D eigenvalue weighted by atomic mass is 10.1. The topological polar surface area (TPSA) is 62.8 Å². The molecule has 1 heterocycles. The normalized spacial score (nSPS) is 14.4. The summed E-state index contributed by atoms with van der Waals surface area (Å²) >= 11 is 0. The molecule has 29 heavy (non-hydrogen) atoms. The standard InChI is InChI=1S/C20H22F3N3O3/c1-28-16-4-2-3-14(11-16)13-24-19(27)25-18-6-5-15(12-17(18)20(21,22)23)26-7-9-29-10-8-26/h2-6,11-12H,7-10,13H2,1H3,(H2,24,25,27). The fourth-order valence-electron chi connectivity index (χ4n) is 3.03. The highest BCUT2D eigenvalue weighted by atomic mass is 19.4. The van der Waals surface area contributed by atoms with Crippen LogP contribution in [0.5, 0.6) is 5.75 Å². The first-order valence-electron chi connectivity index (χ1n) is 9.08. The van der Waals surface area contributed by atoms with E-state index in [-0.39, 0.29) is 12.2 Å². The fraction of sp³-hybridized carbons (Fsp3) is 0.350. The molecule has 2 amide bonds. The predicted octanol–water partition coefficient (Wildman–Crippen LogP) is 3.87. The average Bonchev–Trinajstić information content (AvgIpc) is 2.72. The predicted molar refractivity (Wildman–Crippen MR) is 103 cm³/mol. The Kier molecular flexibility index (Phi) is 6.48. The van der Waals surface area contributed by atoms with Crippen molar-refractivity contribution < 1.29 is 27.4 Å². The van der Waals surface area contributed by atoms with E-state index >= 15 is 0 Å². The number of rotatable bonds is 5. The summed E-state index contributed by atoms with van der Waals surface area (Å²) in [7, 11) is 1.53. The van der Waals surface area contributed by atoms with Crippen LogP contribution in [0.25, 0.3) is 0 Å². The highest BCUT2D eigenvalue weighted by molar-refractivity contribution is 5.90. The molecular formula is C20H22F3N3O3.